The molecule has 4 aliphatic rings. The summed E-state index contributed by atoms with van der Waals surface area (Å²) in [5, 5.41) is 9.54. The predicted octanol–water partition coefficient (Wildman–Crippen LogP) is 3.73. The van der Waals surface area contributed by atoms with Gasteiger partial charge in [-0.05, 0) is 77.3 Å². The number of sulfonamides is 1. The Balaban J connectivity index is 0.924. The van der Waals surface area contributed by atoms with Crippen molar-refractivity contribution in [3.05, 3.63) is 59.4 Å². The molecule has 0 bridgehead atoms. The van der Waals surface area contributed by atoms with Crippen LogP contribution < -0.4 is 20.1 Å². The van der Waals surface area contributed by atoms with Crippen LogP contribution in [0.3, 0.4) is 0 Å². The highest BCUT2D eigenvalue weighted by molar-refractivity contribution is 7.91. The number of aromatic nitrogens is 3. The number of aryl methyl sites for hydroxylation is 1. The van der Waals surface area contributed by atoms with Gasteiger partial charge in [-0.1, -0.05) is 36.2 Å². The fraction of sp³-hybridized carbons (Fsp3) is 0.553. The second-order valence-corrected chi connectivity index (χ2v) is 17.6. The number of ether oxygens (including phenoxy) is 1. The van der Waals surface area contributed by atoms with Crippen LogP contribution in [0.4, 0.5) is 4.39 Å². The van der Waals surface area contributed by atoms with Gasteiger partial charge in [0, 0.05) is 30.9 Å². The summed E-state index contributed by atoms with van der Waals surface area (Å²) in [5.74, 6) is -1.47. The molecule has 3 aromatic rings. The zero-order valence-electron chi connectivity index (χ0n) is 30.9. The normalized spacial score (nSPS) is 24.1. The van der Waals surface area contributed by atoms with Crippen molar-refractivity contribution in [3.63, 3.8) is 0 Å². The number of hydrogen-bond acceptors (Lipinski definition) is 11. The summed E-state index contributed by atoms with van der Waals surface area (Å²) in [5.41, 5.74) is -0.409. The first kappa shape index (κ1) is 38.3. The lowest BCUT2D eigenvalue weighted by atomic mass is 10.1. The summed E-state index contributed by atoms with van der Waals surface area (Å²) in [4.78, 5) is 61.8. The maximum atomic E-state index is 14.4. The first-order valence-corrected chi connectivity index (χ1v) is 20.4. The van der Waals surface area contributed by atoms with Gasteiger partial charge < -0.3 is 24.8 Å². The molecule has 3 N–H and O–H groups in total. The molecule has 7 rings (SSSR count). The van der Waals surface area contributed by atoms with E-state index in [1.165, 1.54) is 17.0 Å². The molecular weight excluding hydrogens is 734 g/mol. The van der Waals surface area contributed by atoms with Gasteiger partial charge in [0.2, 0.25) is 28.2 Å². The standard InChI is InChI=1S/C38H46FN7O8S/c1-23-35(42-32-27(39)11-9-12-28(32)41-23)53-26-18-30(46(21-26)22-47)34(49)43-38(36(50)45-55(51,52)37(2)15-16-37)20-25(38)10-7-5-3-4-6-8-17-40-33(48)29-19-31(54-44-29)24-13-14-24/h7,9-12,19,22,24-26,30H,3-6,8,13-18,20-21H2,1-2H3,(H,40,48)(H,43,49)(H,45,50). The maximum Gasteiger partial charge on any atom is 0.273 e. The lowest BCUT2D eigenvalue weighted by Crippen LogP contribution is -2.56. The Morgan fingerprint density at radius 2 is 1.91 bits per heavy atom. The van der Waals surface area contributed by atoms with Crippen molar-refractivity contribution in [2.24, 2.45) is 5.92 Å². The number of nitrogens with one attached hydrogen (secondary N) is 3. The van der Waals surface area contributed by atoms with E-state index in [1.54, 1.807) is 26.0 Å². The van der Waals surface area contributed by atoms with Crippen LogP contribution in [0.5, 0.6) is 5.88 Å². The fourth-order valence-corrected chi connectivity index (χ4v) is 8.29. The minimum Gasteiger partial charge on any atom is -0.471 e. The third kappa shape index (κ3) is 8.36. The number of rotatable bonds is 18. The van der Waals surface area contributed by atoms with Crippen molar-refractivity contribution in [2.45, 2.75) is 113 Å². The summed E-state index contributed by atoms with van der Waals surface area (Å²) in [7, 11) is -3.99. The van der Waals surface area contributed by atoms with Crippen LogP contribution in [-0.4, -0.2) is 88.1 Å². The Labute approximate surface area is 318 Å². The lowest BCUT2D eigenvalue weighted by Gasteiger charge is -2.24. The summed E-state index contributed by atoms with van der Waals surface area (Å²) in [6.45, 7) is 3.79. The van der Waals surface area contributed by atoms with Crippen LogP contribution in [0.25, 0.3) is 11.0 Å². The minimum absolute atomic E-state index is 0.0302. The topological polar surface area (TPSA) is 203 Å². The Kier molecular flexibility index (Phi) is 10.7. The van der Waals surface area contributed by atoms with Gasteiger partial charge in [-0.3, -0.25) is 23.9 Å². The van der Waals surface area contributed by atoms with E-state index in [4.69, 9.17) is 9.26 Å². The average molecular weight is 780 g/mol. The first-order chi connectivity index (χ1) is 26.3. The molecule has 0 radical (unpaired) electrons. The second-order valence-electron chi connectivity index (χ2n) is 15.4. The zero-order valence-corrected chi connectivity index (χ0v) is 31.7. The largest absolute Gasteiger partial charge is 0.471 e. The van der Waals surface area contributed by atoms with Gasteiger partial charge in [0.25, 0.3) is 11.8 Å². The molecule has 3 heterocycles. The Morgan fingerprint density at radius 1 is 1.13 bits per heavy atom. The monoisotopic (exact) mass is 779 g/mol. The number of benzene rings is 1. The third-order valence-electron chi connectivity index (χ3n) is 11.1. The van der Waals surface area contributed by atoms with Crippen LogP contribution >= 0.6 is 0 Å². The van der Waals surface area contributed by atoms with E-state index >= 15 is 0 Å². The molecule has 3 saturated carbocycles. The van der Waals surface area contributed by atoms with Gasteiger partial charge in [-0.15, -0.1) is 0 Å². The Bertz CT molecular complexity index is 2120. The molecule has 3 aliphatic carbocycles. The van der Waals surface area contributed by atoms with E-state index < -0.39 is 56.0 Å². The van der Waals surface area contributed by atoms with Crippen molar-refractivity contribution >= 4 is 45.2 Å². The molecule has 294 valence electrons. The van der Waals surface area contributed by atoms with Crippen LogP contribution in [-0.2, 0) is 24.4 Å². The summed E-state index contributed by atoms with van der Waals surface area (Å²) < 4.78 is 53.0. The molecular formula is C38H46FN7O8S. The Morgan fingerprint density at radius 3 is 2.65 bits per heavy atom. The molecule has 4 unspecified atom stereocenters. The number of carbonyl (C=O) groups excluding carboxylic acids is 4. The predicted molar refractivity (Wildman–Crippen MR) is 197 cm³/mol. The maximum absolute atomic E-state index is 14.4. The quantitative estimate of drug-likeness (QED) is 0.0965. The zero-order chi connectivity index (χ0) is 39.0. The first-order valence-electron chi connectivity index (χ1n) is 18.9. The average Bonchev–Trinajstić information content (AvgIpc) is 4.12. The van der Waals surface area contributed by atoms with Gasteiger partial charge in [0.15, 0.2) is 11.5 Å². The number of nitrogens with zero attached hydrogens (tertiary/aromatic N) is 4. The van der Waals surface area contributed by atoms with Crippen molar-refractivity contribution in [1.29, 1.82) is 0 Å². The smallest absolute Gasteiger partial charge is 0.273 e. The van der Waals surface area contributed by atoms with Gasteiger partial charge >= 0.3 is 0 Å². The van der Waals surface area contributed by atoms with Crippen LogP contribution in [0, 0.1) is 18.7 Å². The number of allylic oxidation sites excluding steroid dienone is 1. The van der Waals surface area contributed by atoms with Crippen molar-refractivity contribution < 1.29 is 41.2 Å². The number of likely N-dealkylation sites (tertiary alicyclic amines) is 1. The van der Waals surface area contributed by atoms with E-state index in [-0.39, 0.29) is 36.7 Å². The summed E-state index contributed by atoms with van der Waals surface area (Å²) in [6.07, 6.45) is 11.0. The molecule has 15 nitrogen and oxygen atoms in total. The molecule has 1 aromatic carbocycles. The molecule has 1 aliphatic heterocycles. The molecule has 4 amide bonds. The molecule has 55 heavy (non-hydrogen) atoms. The molecule has 17 heteroatoms. The van der Waals surface area contributed by atoms with E-state index in [9.17, 15) is 32.0 Å². The van der Waals surface area contributed by atoms with Crippen molar-refractivity contribution in [3.8, 4) is 5.88 Å². The van der Waals surface area contributed by atoms with E-state index in [2.05, 4.69) is 30.5 Å². The third-order valence-corrected chi connectivity index (χ3v) is 13.2. The molecule has 1 saturated heterocycles. The number of carbonyl (C=O) groups is 4. The number of fused-ring (bicyclic) bond motifs is 1. The van der Waals surface area contributed by atoms with E-state index in [0.29, 0.717) is 55.0 Å². The minimum atomic E-state index is -3.99. The van der Waals surface area contributed by atoms with Gasteiger partial charge in [-0.25, -0.2) is 22.8 Å². The number of halogens is 1. The molecule has 4 atom stereocenters. The second kappa shape index (κ2) is 15.3. The SMILES string of the molecule is Cc1nc2cccc(F)c2nc1OC1CC(C(=O)NC2(C(=O)NS(=O)(=O)C3(C)CC3)CC2C=CCCCCCCNC(=O)c2cc(C3CC3)on2)N(C=O)C1. The van der Waals surface area contributed by atoms with Gasteiger partial charge in [0.05, 0.1) is 16.8 Å². The van der Waals surface area contributed by atoms with E-state index in [1.807, 2.05) is 12.2 Å². The van der Waals surface area contributed by atoms with Gasteiger partial charge in [0.1, 0.15) is 34.7 Å². The Hall–Kier alpha value is -4.93. The van der Waals surface area contributed by atoms with Crippen LogP contribution in [0.2, 0.25) is 0 Å². The fourth-order valence-electron chi connectivity index (χ4n) is 6.98. The van der Waals surface area contributed by atoms with Crippen molar-refractivity contribution in [1.82, 2.24) is 35.4 Å². The highest BCUT2D eigenvalue weighted by atomic mass is 32.2. The number of unbranched alkanes of at least 4 members (excludes halogenated alkanes) is 4. The molecule has 4 fully saturated rings. The highest BCUT2D eigenvalue weighted by Crippen LogP contribution is 2.47. The van der Waals surface area contributed by atoms with Crippen LogP contribution in [0.1, 0.15) is 105 Å². The summed E-state index contributed by atoms with van der Waals surface area (Å²) >= 11 is 0. The van der Waals surface area contributed by atoms with Crippen LogP contribution in [0.15, 0.2) is 40.9 Å². The summed E-state index contributed by atoms with van der Waals surface area (Å²) in [6, 6.07) is 5.13. The lowest BCUT2D eigenvalue weighted by molar-refractivity contribution is -0.134. The van der Waals surface area contributed by atoms with E-state index in [0.717, 1.165) is 44.3 Å². The number of amides is 4. The molecule has 2 aromatic heterocycles. The van der Waals surface area contributed by atoms with Gasteiger partial charge in [-0.2, -0.15) is 0 Å². The number of hydrogen-bond donors (Lipinski definition) is 3. The highest BCUT2D eigenvalue weighted by Gasteiger charge is 2.63. The molecule has 0 spiro atoms. The number of para-hydroxylation sites is 1. The van der Waals surface area contributed by atoms with Crippen molar-refractivity contribution in [2.75, 3.05) is 13.1 Å².